The van der Waals surface area contributed by atoms with Crippen molar-refractivity contribution in [2.24, 2.45) is 7.05 Å². The zero-order valence-electron chi connectivity index (χ0n) is 24.7. The molecule has 0 radical (unpaired) electrons. The first kappa shape index (κ1) is 32.2. The van der Waals surface area contributed by atoms with E-state index in [0.29, 0.717) is 24.4 Å². The number of rotatable bonds is 12. The van der Waals surface area contributed by atoms with E-state index in [1.165, 1.54) is 34.1 Å². The van der Waals surface area contributed by atoms with Gasteiger partial charge in [0.15, 0.2) is 0 Å². The zero-order chi connectivity index (χ0) is 31.7. The maximum atomic E-state index is 13.8. The second-order valence-electron chi connectivity index (χ2n) is 10.3. The van der Waals surface area contributed by atoms with Crippen LogP contribution in [0.1, 0.15) is 22.4 Å². The van der Waals surface area contributed by atoms with Gasteiger partial charge in [0, 0.05) is 64.7 Å². The highest BCUT2D eigenvalue weighted by atomic mass is 19.4. The number of pyridine rings is 1. The van der Waals surface area contributed by atoms with E-state index in [9.17, 15) is 22.8 Å². The van der Waals surface area contributed by atoms with Gasteiger partial charge >= 0.3 is 6.18 Å². The van der Waals surface area contributed by atoms with Crippen LogP contribution in [0.25, 0.3) is 17.3 Å². The number of carbonyl (C=O) groups is 2. The molecule has 1 unspecified atom stereocenters. The Morgan fingerprint density at radius 3 is 2.34 bits per heavy atom. The second kappa shape index (κ2) is 14.6. The summed E-state index contributed by atoms with van der Waals surface area (Å²) in [4.78, 5) is 35.0. The molecule has 2 amide bonds. The van der Waals surface area contributed by atoms with Crippen LogP contribution in [0.5, 0.6) is 0 Å². The molecule has 0 aliphatic carbocycles. The average molecular weight is 606 g/mol. The smallest absolute Gasteiger partial charge is 0.383 e. The normalized spacial score (nSPS) is 12.3. The Bertz CT molecular complexity index is 1550. The largest absolute Gasteiger partial charge is 0.416 e. The molecule has 0 spiro atoms. The maximum absolute atomic E-state index is 13.8. The molecular formula is C33H34F3N5O3. The number of aryl methyl sites for hydroxylation is 1. The third-order valence-corrected chi connectivity index (χ3v) is 7.05. The number of ether oxygens (including phenoxy) is 1. The number of amides is 2. The summed E-state index contributed by atoms with van der Waals surface area (Å²) in [7, 11) is 4.96. The zero-order valence-corrected chi connectivity index (χ0v) is 24.7. The summed E-state index contributed by atoms with van der Waals surface area (Å²) < 4.78 is 45.8. The number of methoxy groups -OCH3 is 1. The molecule has 0 bridgehead atoms. The van der Waals surface area contributed by atoms with Gasteiger partial charge in [0.1, 0.15) is 6.04 Å². The van der Waals surface area contributed by atoms with Crippen molar-refractivity contribution in [1.29, 1.82) is 0 Å². The van der Waals surface area contributed by atoms with Crippen LogP contribution in [0.2, 0.25) is 0 Å². The molecule has 1 atom stereocenters. The number of hydrogen-bond donors (Lipinski definition) is 0. The van der Waals surface area contributed by atoms with Crippen molar-refractivity contribution in [1.82, 2.24) is 24.6 Å². The Morgan fingerprint density at radius 1 is 1.02 bits per heavy atom. The van der Waals surface area contributed by atoms with Crippen LogP contribution in [-0.4, -0.2) is 69.7 Å². The predicted molar refractivity (Wildman–Crippen MR) is 161 cm³/mol. The highest BCUT2D eigenvalue weighted by molar-refractivity contribution is 5.95. The molecule has 0 saturated carbocycles. The summed E-state index contributed by atoms with van der Waals surface area (Å²) in [5.41, 5.74) is 2.73. The highest BCUT2D eigenvalue weighted by Crippen LogP contribution is 2.29. The first-order chi connectivity index (χ1) is 21.0. The molecule has 4 aromatic rings. The lowest BCUT2D eigenvalue weighted by Gasteiger charge is -2.33. The number of aromatic nitrogens is 3. The number of halogens is 3. The third-order valence-electron chi connectivity index (χ3n) is 7.05. The molecule has 2 heterocycles. The Hall–Kier alpha value is -4.77. The van der Waals surface area contributed by atoms with Gasteiger partial charge in [0.25, 0.3) is 0 Å². The fraction of sp³-hybridized carbons (Fsp3) is 0.273. The first-order valence-electron chi connectivity index (χ1n) is 13.9. The maximum Gasteiger partial charge on any atom is 0.416 e. The molecule has 2 aromatic heterocycles. The van der Waals surface area contributed by atoms with Crippen LogP contribution < -0.4 is 0 Å². The van der Waals surface area contributed by atoms with Crippen molar-refractivity contribution < 1.29 is 27.5 Å². The van der Waals surface area contributed by atoms with Crippen LogP contribution >= 0.6 is 0 Å². The van der Waals surface area contributed by atoms with Crippen LogP contribution in [-0.2, 0) is 40.5 Å². The van der Waals surface area contributed by atoms with Gasteiger partial charge < -0.3 is 14.5 Å². The van der Waals surface area contributed by atoms with Crippen LogP contribution in [0.4, 0.5) is 13.2 Å². The van der Waals surface area contributed by atoms with Gasteiger partial charge in [-0.15, -0.1) is 0 Å². The summed E-state index contributed by atoms with van der Waals surface area (Å²) in [5, 5.41) is 4.44. The number of hydrogen-bond acceptors (Lipinski definition) is 5. The molecule has 8 nitrogen and oxygen atoms in total. The highest BCUT2D eigenvalue weighted by Gasteiger charge is 2.32. The van der Waals surface area contributed by atoms with E-state index in [4.69, 9.17) is 4.74 Å². The molecular weight excluding hydrogens is 571 g/mol. The number of nitrogens with zero attached hydrogens (tertiary/aromatic N) is 5. The molecule has 230 valence electrons. The third kappa shape index (κ3) is 8.63. The SMILES string of the molecule is COCCN(C)C(=O)C(Cc1ccn(C)n1)N(Cc1ccc(-c2ccccn2)cc1)C(=O)C=Cc1ccc(C(F)(F)F)cc1. The lowest BCUT2D eigenvalue weighted by molar-refractivity contribution is -0.143. The molecule has 0 aliphatic rings. The number of likely N-dealkylation sites (N-methyl/N-ethyl adjacent to an activating group) is 1. The fourth-order valence-corrected chi connectivity index (χ4v) is 4.59. The van der Waals surface area contributed by atoms with Crippen LogP contribution in [0.3, 0.4) is 0 Å². The Balaban J connectivity index is 1.67. The standard InChI is InChI=1S/C33H34F3N5O3/c1-39(20-21-44-3)32(43)30(22-28-17-19-40(2)38-28)41(23-25-7-12-26(13-8-25)29-6-4-5-18-37-29)31(42)16-11-24-9-14-27(15-10-24)33(34,35)36/h4-19,30H,20-23H2,1-3H3. The molecule has 0 saturated heterocycles. The Morgan fingerprint density at radius 2 is 1.75 bits per heavy atom. The molecule has 11 heteroatoms. The number of carbonyl (C=O) groups excluding carboxylic acids is 2. The van der Waals surface area contributed by atoms with Gasteiger partial charge in [-0.1, -0.05) is 42.5 Å². The van der Waals surface area contributed by atoms with E-state index in [2.05, 4.69) is 10.1 Å². The first-order valence-corrected chi connectivity index (χ1v) is 13.9. The minimum atomic E-state index is -4.46. The van der Waals surface area contributed by atoms with Gasteiger partial charge in [-0.3, -0.25) is 19.3 Å². The van der Waals surface area contributed by atoms with E-state index in [1.54, 1.807) is 44.3 Å². The van der Waals surface area contributed by atoms with Gasteiger partial charge in [-0.2, -0.15) is 18.3 Å². The Labute approximate surface area is 254 Å². The molecule has 0 fully saturated rings. The lowest BCUT2D eigenvalue weighted by atomic mass is 10.0. The van der Waals surface area contributed by atoms with Gasteiger partial charge in [0.05, 0.1) is 23.6 Å². The van der Waals surface area contributed by atoms with E-state index in [1.807, 2.05) is 42.5 Å². The van der Waals surface area contributed by atoms with Crippen molar-refractivity contribution in [3.63, 3.8) is 0 Å². The Kier molecular flexibility index (Phi) is 10.7. The van der Waals surface area contributed by atoms with Crippen molar-refractivity contribution in [3.05, 3.63) is 114 Å². The van der Waals surface area contributed by atoms with E-state index in [0.717, 1.165) is 29.0 Å². The predicted octanol–water partition coefficient (Wildman–Crippen LogP) is 5.26. The molecule has 4 rings (SSSR count). The summed E-state index contributed by atoms with van der Waals surface area (Å²) in [6.07, 6.45) is 1.88. The molecule has 0 N–H and O–H groups in total. The monoisotopic (exact) mass is 605 g/mol. The minimum Gasteiger partial charge on any atom is -0.383 e. The lowest BCUT2D eigenvalue weighted by Crippen LogP contribution is -2.51. The topological polar surface area (TPSA) is 80.6 Å². The van der Waals surface area contributed by atoms with Crippen molar-refractivity contribution >= 4 is 17.9 Å². The summed E-state index contributed by atoms with van der Waals surface area (Å²) in [6, 6.07) is 18.6. The van der Waals surface area contributed by atoms with E-state index < -0.39 is 23.7 Å². The van der Waals surface area contributed by atoms with Gasteiger partial charge in [-0.05, 0) is 47.5 Å². The summed E-state index contributed by atoms with van der Waals surface area (Å²) >= 11 is 0. The van der Waals surface area contributed by atoms with Crippen molar-refractivity contribution in [3.8, 4) is 11.3 Å². The molecule has 2 aromatic carbocycles. The van der Waals surface area contributed by atoms with E-state index >= 15 is 0 Å². The van der Waals surface area contributed by atoms with Gasteiger partial charge in [-0.25, -0.2) is 0 Å². The van der Waals surface area contributed by atoms with E-state index in [-0.39, 0.29) is 18.9 Å². The average Bonchev–Trinajstić information content (AvgIpc) is 3.44. The van der Waals surface area contributed by atoms with Crippen molar-refractivity contribution in [2.75, 3.05) is 27.3 Å². The van der Waals surface area contributed by atoms with Gasteiger partial charge in [0.2, 0.25) is 11.8 Å². The fourth-order valence-electron chi connectivity index (χ4n) is 4.59. The second-order valence-corrected chi connectivity index (χ2v) is 10.3. The van der Waals surface area contributed by atoms with Crippen LogP contribution in [0, 0.1) is 0 Å². The van der Waals surface area contributed by atoms with Crippen LogP contribution in [0.15, 0.2) is 91.3 Å². The number of benzene rings is 2. The summed E-state index contributed by atoms with van der Waals surface area (Å²) in [6.45, 7) is 0.728. The molecule has 0 aliphatic heterocycles. The summed E-state index contributed by atoms with van der Waals surface area (Å²) in [5.74, 6) is -0.776. The molecule has 44 heavy (non-hydrogen) atoms. The number of alkyl halides is 3. The minimum absolute atomic E-state index is 0.0973. The van der Waals surface area contributed by atoms with Crippen molar-refractivity contribution in [2.45, 2.75) is 25.2 Å². The quantitative estimate of drug-likeness (QED) is 0.206.